The predicted molar refractivity (Wildman–Crippen MR) is 81.2 cm³/mol. The Kier molecular flexibility index (Phi) is 4.31. The van der Waals surface area contributed by atoms with Crippen molar-refractivity contribution in [1.82, 2.24) is 25.6 Å². The third kappa shape index (κ3) is 3.48. The third-order valence-corrected chi connectivity index (χ3v) is 4.60. The average molecular weight is 305 g/mol. The smallest absolute Gasteiger partial charge is 0.274 e. The van der Waals surface area contributed by atoms with Crippen LogP contribution in [0.4, 0.5) is 0 Å². The van der Waals surface area contributed by atoms with Crippen LogP contribution in [0.1, 0.15) is 33.9 Å². The Morgan fingerprint density at radius 1 is 1.57 bits per heavy atom. The van der Waals surface area contributed by atoms with Crippen molar-refractivity contribution in [3.05, 3.63) is 33.8 Å². The van der Waals surface area contributed by atoms with E-state index in [1.807, 2.05) is 0 Å². The molecule has 1 unspecified atom stereocenters. The lowest BCUT2D eigenvalue weighted by molar-refractivity contribution is 0.0895. The van der Waals surface area contributed by atoms with Gasteiger partial charge in [-0.15, -0.1) is 11.3 Å². The minimum atomic E-state index is -0.135. The van der Waals surface area contributed by atoms with Crippen LogP contribution in [0, 0.1) is 6.92 Å². The standard InChI is InChI=1S/C14H19N5OS/c1-10-13(17-18-16-10)14(20)15-11-4-2-6-19(8-11)9-12-5-3-7-21-12/h3,5,7,11H,2,4,6,8-9H2,1H3,(H,15,20)(H,16,17,18). The van der Waals surface area contributed by atoms with Gasteiger partial charge in [0.2, 0.25) is 0 Å². The molecule has 6 nitrogen and oxygen atoms in total. The Morgan fingerprint density at radius 3 is 3.19 bits per heavy atom. The van der Waals surface area contributed by atoms with Crippen LogP contribution in [0.5, 0.6) is 0 Å². The number of nitrogens with one attached hydrogen (secondary N) is 2. The lowest BCUT2D eigenvalue weighted by Gasteiger charge is -2.32. The quantitative estimate of drug-likeness (QED) is 0.899. The molecule has 2 aromatic heterocycles. The maximum Gasteiger partial charge on any atom is 0.274 e. The first-order chi connectivity index (χ1) is 10.2. The van der Waals surface area contributed by atoms with Crippen molar-refractivity contribution in [2.45, 2.75) is 32.4 Å². The Hall–Kier alpha value is -1.73. The van der Waals surface area contributed by atoms with Crippen LogP contribution in [0.15, 0.2) is 17.5 Å². The second-order valence-electron chi connectivity index (χ2n) is 5.38. The number of hydrogen-bond donors (Lipinski definition) is 2. The second kappa shape index (κ2) is 6.36. The van der Waals surface area contributed by atoms with E-state index in [0.29, 0.717) is 11.4 Å². The van der Waals surface area contributed by atoms with E-state index < -0.39 is 0 Å². The van der Waals surface area contributed by atoms with Gasteiger partial charge in [-0.2, -0.15) is 15.4 Å². The topological polar surface area (TPSA) is 73.9 Å². The SMILES string of the molecule is Cc1n[nH]nc1C(=O)NC1CCCN(Cc2cccs2)C1. The van der Waals surface area contributed by atoms with Gasteiger partial charge in [0.15, 0.2) is 5.69 Å². The summed E-state index contributed by atoms with van der Waals surface area (Å²) >= 11 is 1.78. The van der Waals surface area contributed by atoms with Crippen LogP contribution in [0.25, 0.3) is 0 Å². The van der Waals surface area contributed by atoms with E-state index >= 15 is 0 Å². The number of thiophene rings is 1. The first-order valence-electron chi connectivity index (χ1n) is 7.15. The number of nitrogens with zero attached hydrogens (tertiary/aromatic N) is 3. The van der Waals surface area contributed by atoms with Crippen molar-refractivity contribution in [2.24, 2.45) is 0 Å². The van der Waals surface area contributed by atoms with Crippen LogP contribution < -0.4 is 5.32 Å². The zero-order valence-corrected chi connectivity index (χ0v) is 12.8. The first kappa shape index (κ1) is 14.2. The van der Waals surface area contributed by atoms with Crippen molar-refractivity contribution < 1.29 is 4.79 Å². The van der Waals surface area contributed by atoms with Gasteiger partial charge in [0.1, 0.15) is 0 Å². The number of carbonyl (C=O) groups excluding carboxylic acids is 1. The molecular weight excluding hydrogens is 286 g/mol. The maximum absolute atomic E-state index is 12.2. The second-order valence-corrected chi connectivity index (χ2v) is 6.42. The van der Waals surface area contributed by atoms with Crippen molar-refractivity contribution >= 4 is 17.2 Å². The molecule has 3 rings (SSSR count). The van der Waals surface area contributed by atoms with Crippen molar-refractivity contribution in [3.63, 3.8) is 0 Å². The highest BCUT2D eigenvalue weighted by molar-refractivity contribution is 7.09. The molecule has 1 aliphatic heterocycles. The number of piperidine rings is 1. The Morgan fingerprint density at radius 2 is 2.48 bits per heavy atom. The highest BCUT2D eigenvalue weighted by Crippen LogP contribution is 2.17. The van der Waals surface area contributed by atoms with Gasteiger partial charge in [-0.3, -0.25) is 9.69 Å². The van der Waals surface area contributed by atoms with Gasteiger partial charge in [-0.05, 0) is 37.8 Å². The zero-order chi connectivity index (χ0) is 14.7. The average Bonchev–Trinajstić information content (AvgIpc) is 3.10. The van der Waals surface area contributed by atoms with Gasteiger partial charge >= 0.3 is 0 Å². The molecule has 0 radical (unpaired) electrons. The molecule has 3 heterocycles. The summed E-state index contributed by atoms with van der Waals surface area (Å²) in [6.07, 6.45) is 2.12. The van der Waals surface area contributed by atoms with Crippen LogP contribution in [0.3, 0.4) is 0 Å². The molecule has 112 valence electrons. The molecule has 0 aromatic carbocycles. The summed E-state index contributed by atoms with van der Waals surface area (Å²) in [4.78, 5) is 15.9. The lowest BCUT2D eigenvalue weighted by atomic mass is 10.1. The number of amides is 1. The summed E-state index contributed by atoms with van der Waals surface area (Å²) in [5.41, 5.74) is 1.03. The number of rotatable bonds is 4. The summed E-state index contributed by atoms with van der Waals surface area (Å²) in [6.45, 7) is 4.73. The fraction of sp³-hybridized carbons (Fsp3) is 0.500. The van der Waals surface area contributed by atoms with E-state index in [-0.39, 0.29) is 11.9 Å². The van der Waals surface area contributed by atoms with E-state index in [9.17, 15) is 4.79 Å². The Labute approximate surface area is 127 Å². The first-order valence-corrected chi connectivity index (χ1v) is 8.03. The molecule has 1 amide bonds. The lowest BCUT2D eigenvalue weighted by Crippen LogP contribution is -2.47. The molecule has 0 bridgehead atoms. The van der Waals surface area contributed by atoms with Crippen LogP contribution >= 0.6 is 11.3 Å². The molecule has 2 N–H and O–H groups in total. The Balaban J connectivity index is 1.56. The normalized spacial score (nSPS) is 19.6. The highest BCUT2D eigenvalue weighted by Gasteiger charge is 2.23. The van der Waals surface area contributed by atoms with Crippen LogP contribution in [0.2, 0.25) is 0 Å². The van der Waals surface area contributed by atoms with Gasteiger partial charge in [-0.25, -0.2) is 0 Å². The van der Waals surface area contributed by atoms with Crippen molar-refractivity contribution in [2.75, 3.05) is 13.1 Å². The number of aromatic nitrogens is 3. The van der Waals surface area contributed by atoms with E-state index in [4.69, 9.17) is 0 Å². The highest BCUT2D eigenvalue weighted by atomic mass is 32.1. The molecule has 7 heteroatoms. The van der Waals surface area contributed by atoms with Crippen LogP contribution in [-0.4, -0.2) is 45.3 Å². The van der Waals surface area contributed by atoms with Crippen LogP contribution in [-0.2, 0) is 6.54 Å². The fourth-order valence-corrected chi connectivity index (χ4v) is 3.44. The van der Waals surface area contributed by atoms with E-state index in [2.05, 4.69) is 43.1 Å². The van der Waals surface area contributed by atoms with E-state index in [1.165, 1.54) is 4.88 Å². The van der Waals surface area contributed by atoms with Gasteiger partial charge in [-0.1, -0.05) is 6.07 Å². The summed E-state index contributed by atoms with van der Waals surface area (Å²) in [6, 6.07) is 4.42. The molecule has 0 aliphatic carbocycles. The summed E-state index contributed by atoms with van der Waals surface area (Å²) in [7, 11) is 0. The zero-order valence-electron chi connectivity index (χ0n) is 12.0. The molecule has 0 saturated carbocycles. The monoisotopic (exact) mass is 305 g/mol. The fourth-order valence-electron chi connectivity index (χ4n) is 2.69. The Bertz CT molecular complexity index is 594. The summed E-state index contributed by atoms with van der Waals surface area (Å²) in [5.74, 6) is -0.135. The summed E-state index contributed by atoms with van der Waals surface area (Å²) in [5, 5.41) is 15.5. The molecule has 1 atom stereocenters. The predicted octanol–water partition coefficient (Wildman–Crippen LogP) is 1.57. The van der Waals surface area contributed by atoms with Gasteiger partial charge in [0, 0.05) is 24.0 Å². The number of aryl methyl sites for hydroxylation is 1. The number of carbonyl (C=O) groups is 1. The van der Waals surface area contributed by atoms with Gasteiger partial charge in [0.25, 0.3) is 5.91 Å². The number of hydrogen-bond acceptors (Lipinski definition) is 5. The molecule has 2 aromatic rings. The molecule has 21 heavy (non-hydrogen) atoms. The minimum absolute atomic E-state index is 0.135. The minimum Gasteiger partial charge on any atom is -0.347 e. The molecular formula is C14H19N5OS. The molecule has 1 fully saturated rings. The molecule has 0 spiro atoms. The summed E-state index contributed by atoms with van der Waals surface area (Å²) < 4.78 is 0. The number of likely N-dealkylation sites (tertiary alicyclic amines) is 1. The number of aromatic amines is 1. The largest absolute Gasteiger partial charge is 0.347 e. The van der Waals surface area contributed by atoms with Gasteiger partial charge in [0.05, 0.1) is 5.69 Å². The van der Waals surface area contributed by atoms with Crippen molar-refractivity contribution in [1.29, 1.82) is 0 Å². The van der Waals surface area contributed by atoms with Crippen molar-refractivity contribution in [3.8, 4) is 0 Å². The van der Waals surface area contributed by atoms with Gasteiger partial charge < -0.3 is 5.32 Å². The molecule has 1 saturated heterocycles. The van der Waals surface area contributed by atoms with E-state index in [0.717, 1.165) is 32.5 Å². The van der Waals surface area contributed by atoms with E-state index in [1.54, 1.807) is 18.3 Å². The maximum atomic E-state index is 12.2. The number of H-pyrrole nitrogens is 1. The third-order valence-electron chi connectivity index (χ3n) is 3.74. The molecule has 1 aliphatic rings.